The lowest BCUT2D eigenvalue weighted by Crippen LogP contribution is -2.46. The van der Waals surface area contributed by atoms with Gasteiger partial charge in [-0.05, 0) is 0 Å². The van der Waals surface area contributed by atoms with Crippen molar-refractivity contribution in [2.45, 2.75) is 6.17 Å². The molecule has 2 saturated heterocycles. The van der Waals surface area contributed by atoms with Crippen LogP contribution in [-0.4, -0.2) is 42.8 Å². The first-order valence-corrected chi connectivity index (χ1v) is 3.86. The van der Waals surface area contributed by atoms with Crippen molar-refractivity contribution in [2.75, 3.05) is 19.6 Å². The lowest BCUT2D eigenvalue weighted by molar-refractivity contribution is 0.195. The van der Waals surface area contributed by atoms with E-state index in [1.165, 1.54) is 0 Å². The second-order valence-electron chi connectivity index (χ2n) is 2.80. The molecule has 2 aliphatic rings. The number of hydrogen-bond donors (Lipinski definition) is 3. The van der Waals surface area contributed by atoms with Crippen molar-refractivity contribution in [1.29, 1.82) is 0 Å². The third-order valence-electron chi connectivity index (χ3n) is 2.02. The molecule has 4 amide bonds. The number of rotatable bonds is 1. The minimum atomic E-state index is -0.209. The van der Waals surface area contributed by atoms with E-state index in [1.807, 2.05) is 0 Å². The molecule has 3 N–H and O–H groups in total. The molecule has 0 aromatic rings. The molecule has 0 aromatic carbocycles. The molecule has 2 heterocycles. The van der Waals surface area contributed by atoms with Crippen molar-refractivity contribution in [3.8, 4) is 0 Å². The van der Waals surface area contributed by atoms with E-state index in [2.05, 4.69) is 16.0 Å². The Balaban J connectivity index is 2.00. The number of nitrogens with zero attached hydrogens (tertiary/aromatic N) is 1. The first-order chi connectivity index (χ1) is 5.77. The normalized spacial score (nSPS) is 28.3. The molecule has 2 rings (SSSR count). The Bertz CT molecular complexity index is 230. The highest BCUT2D eigenvalue weighted by atomic mass is 16.2. The van der Waals surface area contributed by atoms with Gasteiger partial charge >= 0.3 is 12.1 Å². The van der Waals surface area contributed by atoms with Gasteiger partial charge in [-0.15, -0.1) is 0 Å². The van der Waals surface area contributed by atoms with E-state index < -0.39 is 0 Å². The molecule has 1 unspecified atom stereocenters. The molecule has 0 radical (unpaired) electrons. The Kier molecular flexibility index (Phi) is 1.53. The van der Waals surface area contributed by atoms with E-state index in [1.54, 1.807) is 4.90 Å². The fraction of sp³-hybridized carbons (Fsp3) is 0.667. The molecular weight excluding hydrogens is 160 g/mol. The number of hydrogen-bond acceptors (Lipinski definition) is 2. The minimum Gasteiger partial charge on any atom is -0.336 e. The standard InChI is InChI=1S/C6H10N4O2/c11-5-8-3-4(9-5)10-2-1-7-6(10)12/h4H,1-3H2,(H,7,12)(H2,8,9,11). The van der Waals surface area contributed by atoms with E-state index in [-0.39, 0.29) is 18.2 Å². The van der Waals surface area contributed by atoms with E-state index >= 15 is 0 Å². The van der Waals surface area contributed by atoms with Crippen molar-refractivity contribution >= 4 is 12.1 Å². The summed E-state index contributed by atoms with van der Waals surface area (Å²) in [6, 6.07) is -0.316. The van der Waals surface area contributed by atoms with Crippen molar-refractivity contribution < 1.29 is 9.59 Å². The third kappa shape index (κ3) is 1.05. The van der Waals surface area contributed by atoms with Crippen LogP contribution in [0.25, 0.3) is 0 Å². The van der Waals surface area contributed by atoms with E-state index in [4.69, 9.17) is 0 Å². The van der Waals surface area contributed by atoms with Gasteiger partial charge in [0.25, 0.3) is 0 Å². The first-order valence-electron chi connectivity index (χ1n) is 3.86. The van der Waals surface area contributed by atoms with Gasteiger partial charge in [0, 0.05) is 13.1 Å². The second kappa shape index (κ2) is 2.54. The van der Waals surface area contributed by atoms with Gasteiger partial charge in [-0.25, -0.2) is 9.59 Å². The first kappa shape index (κ1) is 7.20. The fourth-order valence-corrected chi connectivity index (χ4v) is 1.41. The average Bonchev–Trinajstić information content (AvgIpc) is 2.58. The third-order valence-corrected chi connectivity index (χ3v) is 2.02. The van der Waals surface area contributed by atoms with Gasteiger partial charge in [0.05, 0.1) is 6.54 Å². The maximum absolute atomic E-state index is 11.1. The molecule has 0 aromatic heterocycles. The van der Waals surface area contributed by atoms with Crippen molar-refractivity contribution in [1.82, 2.24) is 20.9 Å². The molecule has 6 heteroatoms. The van der Waals surface area contributed by atoms with Crippen LogP contribution < -0.4 is 16.0 Å². The predicted octanol–water partition coefficient (Wildman–Crippen LogP) is -1.35. The highest BCUT2D eigenvalue weighted by molar-refractivity contribution is 5.80. The van der Waals surface area contributed by atoms with Crippen molar-refractivity contribution in [3.05, 3.63) is 0 Å². The summed E-state index contributed by atoms with van der Waals surface area (Å²) >= 11 is 0. The van der Waals surface area contributed by atoms with Gasteiger partial charge in [0.15, 0.2) is 0 Å². The lowest BCUT2D eigenvalue weighted by atomic mass is 10.4. The maximum Gasteiger partial charge on any atom is 0.319 e. The molecule has 12 heavy (non-hydrogen) atoms. The fourth-order valence-electron chi connectivity index (χ4n) is 1.41. The zero-order valence-electron chi connectivity index (χ0n) is 6.46. The molecular formula is C6H10N4O2. The Morgan fingerprint density at radius 2 is 2.17 bits per heavy atom. The van der Waals surface area contributed by atoms with Crippen LogP contribution in [0.5, 0.6) is 0 Å². The summed E-state index contributed by atoms with van der Waals surface area (Å²) in [6.45, 7) is 1.81. The Hall–Kier alpha value is -1.46. The largest absolute Gasteiger partial charge is 0.336 e. The molecule has 2 fully saturated rings. The average molecular weight is 170 g/mol. The summed E-state index contributed by atoms with van der Waals surface area (Å²) in [5.41, 5.74) is 0. The molecule has 66 valence electrons. The number of carbonyl (C=O) groups excluding carboxylic acids is 2. The summed E-state index contributed by atoms with van der Waals surface area (Å²) in [5.74, 6) is 0. The van der Waals surface area contributed by atoms with Crippen LogP contribution in [0.3, 0.4) is 0 Å². The van der Waals surface area contributed by atoms with Gasteiger partial charge in [-0.1, -0.05) is 0 Å². The molecule has 0 aliphatic carbocycles. The van der Waals surface area contributed by atoms with E-state index in [9.17, 15) is 9.59 Å². The van der Waals surface area contributed by atoms with Crippen molar-refractivity contribution in [3.63, 3.8) is 0 Å². The molecule has 0 bridgehead atoms. The lowest BCUT2D eigenvalue weighted by Gasteiger charge is -2.20. The Morgan fingerprint density at radius 3 is 2.67 bits per heavy atom. The molecule has 0 spiro atoms. The summed E-state index contributed by atoms with van der Waals surface area (Å²) in [4.78, 5) is 23.4. The number of amides is 4. The molecule has 0 saturated carbocycles. The van der Waals surface area contributed by atoms with Crippen LogP contribution in [0, 0.1) is 0 Å². The predicted molar refractivity (Wildman–Crippen MR) is 40.4 cm³/mol. The zero-order valence-corrected chi connectivity index (χ0v) is 6.46. The monoisotopic (exact) mass is 170 g/mol. The minimum absolute atomic E-state index is 0.107. The number of nitrogens with one attached hydrogen (secondary N) is 3. The van der Waals surface area contributed by atoms with Gasteiger partial charge in [0.1, 0.15) is 6.17 Å². The highest BCUT2D eigenvalue weighted by Crippen LogP contribution is 2.03. The number of urea groups is 2. The maximum atomic E-state index is 11.1. The summed E-state index contributed by atoms with van der Waals surface area (Å²) in [5, 5.41) is 7.91. The van der Waals surface area contributed by atoms with E-state index in [0.717, 1.165) is 0 Å². The van der Waals surface area contributed by atoms with Crippen LogP contribution in [0.1, 0.15) is 0 Å². The van der Waals surface area contributed by atoms with Gasteiger partial charge < -0.3 is 20.9 Å². The van der Waals surface area contributed by atoms with Crippen LogP contribution in [0.2, 0.25) is 0 Å². The van der Waals surface area contributed by atoms with Crippen molar-refractivity contribution in [2.24, 2.45) is 0 Å². The van der Waals surface area contributed by atoms with E-state index in [0.29, 0.717) is 19.6 Å². The van der Waals surface area contributed by atoms with Crippen LogP contribution >= 0.6 is 0 Å². The smallest absolute Gasteiger partial charge is 0.319 e. The van der Waals surface area contributed by atoms with Crippen LogP contribution in [-0.2, 0) is 0 Å². The molecule has 1 atom stereocenters. The second-order valence-corrected chi connectivity index (χ2v) is 2.80. The van der Waals surface area contributed by atoms with Crippen LogP contribution in [0.15, 0.2) is 0 Å². The Labute approximate surface area is 69.3 Å². The van der Waals surface area contributed by atoms with Crippen LogP contribution in [0.4, 0.5) is 9.59 Å². The van der Waals surface area contributed by atoms with Gasteiger partial charge in [-0.2, -0.15) is 0 Å². The SMILES string of the molecule is O=C1NCC(N2CCNC2=O)N1. The molecule has 2 aliphatic heterocycles. The summed E-state index contributed by atoms with van der Waals surface area (Å²) in [6.07, 6.45) is -0.181. The summed E-state index contributed by atoms with van der Waals surface area (Å²) in [7, 11) is 0. The Morgan fingerprint density at radius 1 is 1.33 bits per heavy atom. The van der Waals surface area contributed by atoms with Gasteiger partial charge in [-0.3, -0.25) is 0 Å². The quantitative estimate of drug-likeness (QED) is 0.455. The van der Waals surface area contributed by atoms with Gasteiger partial charge in [0.2, 0.25) is 0 Å². The highest BCUT2D eigenvalue weighted by Gasteiger charge is 2.32. The topological polar surface area (TPSA) is 73.5 Å². The summed E-state index contributed by atoms with van der Waals surface area (Å²) < 4.78 is 0. The zero-order chi connectivity index (χ0) is 8.55. The number of carbonyl (C=O) groups is 2. The molecule has 6 nitrogen and oxygen atoms in total.